The molecule has 0 saturated carbocycles. The van der Waals surface area contributed by atoms with Gasteiger partial charge in [-0.25, -0.2) is 0 Å². The molecule has 0 unspecified atom stereocenters. The van der Waals surface area contributed by atoms with Crippen LogP contribution in [0.3, 0.4) is 0 Å². The zero-order valence-corrected chi connectivity index (χ0v) is 15.6. The van der Waals surface area contributed by atoms with E-state index in [1.54, 1.807) is 0 Å². The Labute approximate surface area is 159 Å². The summed E-state index contributed by atoms with van der Waals surface area (Å²) in [5, 5.41) is 15.1. The number of fused-ring (bicyclic) bond motifs is 8. The molecule has 5 rings (SSSR count). The number of carbonyl (C=O) groups excluding carboxylic acids is 1. The molecule has 3 aliphatic rings. The molecule has 4 heterocycles. The number of hydrogen-bond acceptors (Lipinski definition) is 5. The molecular formula is C20H27N5O2. The minimum absolute atomic E-state index is 0.141. The summed E-state index contributed by atoms with van der Waals surface area (Å²) in [6.45, 7) is 3.76. The number of carbonyl (C=O) groups is 1. The van der Waals surface area contributed by atoms with Gasteiger partial charge in [0.2, 0.25) is 5.91 Å². The van der Waals surface area contributed by atoms with Gasteiger partial charge in [0.15, 0.2) is 0 Å². The zero-order chi connectivity index (χ0) is 18.5. The van der Waals surface area contributed by atoms with Gasteiger partial charge >= 0.3 is 0 Å². The number of hydrogen-bond donors (Lipinski definition) is 2. The number of amides is 1. The molecule has 0 radical (unpaired) electrons. The van der Waals surface area contributed by atoms with E-state index in [0.717, 1.165) is 56.8 Å². The molecule has 1 aromatic heterocycles. The normalized spacial score (nSPS) is 20.7. The summed E-state index contributed by atoms with van der Waals surface area (Å²) >= 11 is 0. The van der Waals surface area contributed by atoms with Crippen LogP contribution in [-0.2, 0) is 24.2 Å². The third-order valence-electron chi connectivity index (χ3n) is 5.57. The van der Waals surface area contributed by atoms with E-state index in [4.69, 9.17) is 4.74 Å². The lowest BCUT2D eigenvalue weighted by molar-refractivity contribution is -0.132. The van der Waals surface area contributed by atoms with Crippen molar-refractivity contribution in [3.05, 3.63) is 41.7 Å². The highest BCUT2D eigenvalue weighted by Crippen LogP contribution is 2.33. The van der Waals surface area contributed by atoms with Crippen molar-refractivity contribution >= 4 is 5.91 Å². The quantitative estimate of drug-likeness (QED) is 0.732. The van der Waals surface area contributed by atoms with Crippen LogP contribution in [0.4, 0.5) is 0 Å². The number of ether oxygens (including phenoxy) is 1. The first-order valence-electron chi connectivity index (χ1n) is 9.83. The van der Waals surface area contributed by atoms with Crippen molar-refractivity contribution in [2.24, 2.45) is 5.41 Å². The number of aryl methyl sites for hydroxylation is 1. The van der Waals surface area contributed by atoms with Crippen LogP contribution in [0.5, 0.6) is 5.75 Å². The summed E-state index contributed by atoms with van der Waals surface area (Å²) in [6.07, 6.45) is 5.95. The number of benzene rings is 1. The van der Waals surface area contributed by atoms with E-state index in [-0.39, 0.29) is 5.91 Å². The SMILES string of the molecule is O=C1NCCc2ccc(cc2)OCCCn2cc(nn2)CC12CCNCC2. The van der Waals surface area contributed by atoms with E-state index >= 15 is 0 Å². The van der Waals surface area contributed by atoms with Gasteiger partial charge in [-0.15, -0.1) is 5.10 Å². The predicted octanol–water partition coefficient (Wildman–Crippen LogP) is 1.33. The van der Waals surface area contributed by atoms with Gasteiger partial charge < -0.3 is 15.4 Å². The number of rotatable bonds is 0. The highest BCUT2D eigenvalue weighted by molar-refractivity contribution is 5.83. The average molecular weight is 369 g/mol. The lowest BCUT2D eigenvalue weighted by Crippen LogP contribution is -2.49. The third kappa shape index (κ3) is 4.30. The maximum absolute atomic E-state index is 13.1. The molecule has 1 spiro atoms. The van der Waals surface area contributed by atoms with Crippen LogP contribution < -0.4 is 15.4 Å². The number of nitrogens with zero attached hydrogens (tertiary/aromatic N) is 3. The molecule has 1 fully saturated rings. The van der Waals surface area contributed by atoms with E-state index in [1.165, 1.54) is 5.56 Å². The van der Waals surface area contributed by atoms with E-state index in [9.17, 15) is 4.79 Å². The monoisotopic (exact) mass is 369 g/mol. The van der Waals surface area contributed by atoms with Crippen LogP contribution in [0.25, 0.3) is 0 Å². The Morgan fingerprint density at radius 3 is 2.74 bits per heavy atom. The maximum atomic E-state index is 13.1. The van der Waals surface area contributed by atoms with Crippen molar-refractivity contribution < 1.29 is 9.53 Å². The number of nitrogens with one attached hydrogen (secondary N) is 2. The molecule has 1 amide bonds. The van der Waals surface area contributed by atoms with Gasteiger partial charge in [0.05, 0.1) is 17.7 Å². The number of piperidine rings is 1. The van der Waals surface area contributed by atoms with Crippen molar-refractivity contribution in [1.82, 2.24) is 25.6 Å². The highest BCUT2D eigenvalue weighted by atomic mass is 16.5. The topological polar surface area (TPSA) is 81.1 Å². The minimum atomic E-state index is -0.396. The minimum Gasteiger partial charge on any atom is -0.494 e. The fourth-order valence-corrected chi connectivity index (χ4v) is 3.94. The molecule has 4 bridgehead atoms. The molecule has 7 nitrogen and oxygen atoms in total. The van der Waals surface area contributed by atoms with Crippen molar-refractivity contribution in [2.45, 2.75) is 38.6 Å². The van der Waals surface area contributed by atoms with E-state index in [1.807, 2.05) is 23.0 Å². The second-order valence-electron chi connectivity index (χ2n) is 7.53. The van der Waals surface area contributed by atoms with E-state index in [0.29, 0.717) is 19.6 Å². The van der Waals surface area contributed by atoms with Gasteiger partial charge in [0.1, 0.15) is 5.75 Å². The van der Waals surface area contributed by atoms with Gasteiger partial charge in [0, 0.05) is 32.1 Å². The summed E-state index contributed by atoms with van der Waals surface area (Å²) in [7, 11) is 0. The first-order chi connectivity index (χ1) is 13.2. The highest BCUT2D eigenvalue weighted by Gasteiger charge is 2.40. The Kier molecular flexibility index (Phi) is 5.38. The molecule has 27 heavy (non-hydrogen) atoms. The fraction of sp³-hybridized carbons (Fsp3) is 0.550. The molecular weight excluding hydrogens is 342 g/mol. The maximum Gasteiger partial charge on any atom is 0.226 e. The van der Waals surface area contributed by atoms with Gasteiger partial charge in [-0.3, -0.25) is 9.48 Å². The smallest absolute Gasteiger partial charge is 0.226 e. The largest absolute Gasteiger partial charge is 0.494 e. The molecule has 3 aliphatic heterocycles. The summed E-state index contributed by atoms with van der Waals surface area (Å²) in [4.78, 5) is 13.1. The van der Waals surface area contributed by atoms with Crippen molar-refractivity contribution in [2.75, 3.05) is 26.2 Å². The molecule has 1 saturated heterocycles. The van der Waals surface area contributed by atoms with Crippen LogP contribution in [0.15, 0.2) is 30.5 Å². The van der Waals surface area contributed by atoms with Gasteiger partial charge in [-0.1, -0.05) is 17.3 Å². The van der Waals surface area contributed by atoms with Crippen LogP contribution in [0.2, 0.25) is 0 Å². The van der Waals surface area contributed by atoms with Gasteiger partial charge in [0.25, 0.3) is 0 Å². The standard InChI is InChI=1S/C20H27N5O2/c26-19-20(7-10-21-11-8-20)14-17-15-25(24-23-17)12-1-13-27-18-4-2-16(3-5-18)6-9-22-19/h2-5,15,21H,1,6-14H2,(H,22,26). The molecule has 144 valence electrons. The Hall–Kier alpha value is -2.41. The summed E-state index contributed by atoms with van der Waals surface area (Å²) < 4.78 is 7.66. The second-order valence-corrected chi connectivity index (χ2v) is 7.53. The molecule has 2 aromatic rings. The Bertz CT molecular complexity index is 765. The summed E-state index contributed by atoms with van der Waals surface area (Å²) in [6, 6.07) is 8.14. The first kappa shape index (κ1) is 18.0. The molecule has 7 heteroatoms. The lowest BCUT2D eigenvalue weighted by atomic mass is 9.74. The van der Waals surface area contributed by atoms with Crippen molar-refractivity contribution in [3.63, 3.8) is 0 Å². The second kappa shape index (κ2) is 8.08. The van der Waals surface area contributed by atoms with Crippen molar-refractivity contribution in [1.29, 1.82) is 0 Å². The Morgan fingerprint density at radius 1 is 1.11 bits per heavy atom. The third-order valence-corrected chi connectivity index (χ3v) is 5.57. The Balaban J connectivity index is 1.55. The fourth-order valence-electron chi connectivity index (χ4n) is 3.94. The summed E-state index contributed by atoms with van der Waals surface area (Å²) in [5.41, 5.74) is 1.70. The van der Waals surface area contributed by atoms with Crippen molar-refractivity contribution in [3.8, 4) is 5.75 Å². The van der Waals surface area contributed by atoms with E-state index in [2.05, 4.69) is 33.1 Å². The molecule has 2 N–H and O–H groups in total. The average Bonchev–Trinajstić information content (AvgIpc) is 3.13. The summed E-state index contributed by atoms with van der Waals surface area (Å²) in [5.74, 6) is 1.02. The first-order valence-corrected chi connectivity index (χ1v) is 9.83. The predicted molar refractivity (Wildman–Crippen MR) is 102 cm³/mol. The van der Waals surface area contributed by atoms with Crippen LogP contribution >= 0.6 is 0 Å². The molecule has 0 aliphatic carbocycles. The van der Waals surface area contributed by atoms with Crippen LogP contribution in [-0.4, -0.2) is 47.1 Å². The number of aromatic nitrogens is 3. The van der Waals surface area contributed by atoms with E-state index < -0.39 is 5.41 Å². The van der Waals surface area contributed by atoms with Gasteiger partial charge in [-0.05, 0) is 50.0 Å². The van der Waals surface area contributed by atoms with Crippen LogP contribution in [0.1, 0.15) is 30.5 Å². The molecule has 0 atom stereocenters. The lowest BCUT2D eigenvalue weighted by Gasteiger charge is -2.35. The molecule has 1 aromatic carbocycles. The zero-order valence-electron chi connectivity index (χ0n) is 15.6. The van der Waals surface area contributed by atoms with Gasteiger partial charge in [-0.2, -0.15) is 0 Å². The van der Waals surface area contributed by atoms with Crippen LogP contribution in [0, 0.1) is 5.41 Å². The Morgan fingerprint density at radius 2 is 1.93 bits per heavy atom.